The zero-order chi connectivity index (χ0) is 12.3. The van der Waals surface area contributed by atoms with Gasteiger partial charge in [0.15, 0.2) is 5.75 Å². The van der Waals surface area contributed by atoms with Crippen molar-refractivity contribution < 1.29 is 23.4 Å². The molecule has 1 aromatic heterocycles. The topological polar surface area (TPSA) is 79.4 Å². The van der Waals surface area contributed by atoms with Gasteiger partial charge in [-0.3, -0.25) is 9.59 Å². The molecule has 7 heteroatoms. The first kappa shape index (κ1) is 12.2. The molecular formula is C9H9F2NO4. The molecule has 0 aliphatic heterocycles. The van der Waals surface area contributed by atoms with Gasteiger partial charge in [0.05, 0.1) is 13.5 Å². The highest BCUT2D eigenvalue weighted by atomic mass is 19.3. The number of hydrogen-bond donors (Lipinski definition) is 2. The number of ether oxygens (including phenoxy) is 1. The number of aromatic amines is 1. The fourth-order valence-electron chi connectivity index (χ4n) is 1.22. The van der Waals surface area contributed by atoms with E-state index in [9.17, 15) is 18.4 Å². The van der Waals surface area contributed by atoms with E-state index in [4.69, 9.17) is 5.11 Å². The van der Waals surface area contributed by atoms with Crippen LogP contribution in [0.1, 0.15) is 17.7 Å². The number of methoxy groups -OCH3 is 1. The molecule has 2 N–H and O–H groups in total. The summed E-state index contributed by atoms with van der Waals surface area (Å²) in [5.41, 5.74) is -1.62. The third kappa shape index (κ3) is 2.36. The molecule has 0 saturated heterocycles. The fraction of sp³-hybridized carbons (Fsp3) is 0.333. The smallest absolute Gasteiger partial charge is 0.308 e. The van der Waals surface area contributed by atoms with Gasteiger partial charge in [0, 0.05) is 11.8 Å². The van der Waals surface area contributed by atoms with Crippen LogP contribution in [0.5, 0.6) is 5.75 Å². The van der Waals surface area contributed by atoms with Crippen LogP contribution in [-0.2, 0) is 11.2 Å². The van der Waals surface area contributed by atoms with Crippen LogP contribution in [0.25, 0.3) is 0 Å². The van der Waals surface area contributed by atoms with Gasteiger partial charge in [-0.1, -0.05) is 0 Å². The molecule has 1 rings (SSSR count). The number of carbonyl (C=O) groups is 1. The molecule has 0 fully saturated rings. The molecule has 0 saturated carbocycles. The van der Waals surface area contributed by atoms with E-state index >= 15 is 0 Å². The minimum atomic E-state index is -2.89. The number of aliphatic carboxylic acids is 1. The molecule has 0 aliphatic rings. The monoisotopic (exact) mass is 233 g/mol. The summed E-state index contributed by atoms with van der Waals surface area (Å²) in [5, 5.41) is 8.49. The number of nitrogens with one attached hydrogen (secondary N) is 1. The molecule has 0 radical (unpaired) electrons. The lowest BCUT2D eigenvalue weighted by Crippen LogP contribution is -2.18. The van der Waals surface area contributed by atoms with Gasteiger partial charge in [-0.2, -0.15) is 0 Å². The lowest BCUT2D eigenvalue weighted by atomic mass is 10.1. The Kier molecular flexibility index (Phi) is 3.60. The Morgan fingerprint density at radius 1 is 1.62 bits per heavy atom. The highest BCUT2D eigenvalue weighted by Crippen LogP contribution is 2.23. The molecule has 1 heterocycles. The number of alkyl halides is 2. The quantitative estimate of drug-likeness (QED) is 0.811. The van der Waals surface area contributed by atoms with Crippen molar-refractivity contribution in [3.8, 4) is 5.75 Å². The number of aromatic nitrogens is 1. The maximum absolute atomic E-state index is 12.4. The molecule has 0 atom stereocenters. The van der Waals surface area contributed by atoms with Crippen molar-refractivity contribution in [1.82, 2.24) is 4.98 Å². The number of hydrogen-bond acceptors (Lipinski definition) is 3. The number of pyridine rings is 1. The van der Waals surface area contributed by atoms with Crippen molar-refractivity contribution in [1.29, 1.82) is 0 Å². The van der Waals surface area contributed by atoms with E-state index in [1.54, 1.807) is 0 Å². The van der Waals surface area contributed by atoms with E-state index < -0.39 is 35.7 Å². The van der Waals surface area contributed by atoms with E-state index in [1.165, 1.54) is 0 Å². The van der Waals surface area contributed by atoms with Gasteiger partial charge < -0.3 is 14.8 Å². The number of carboxylic acid groups (broad SMARTS) is 1. The predicted octanol–water partition coefficient (Wildman–Crippen LogP) is 0.948. The number of carboxylic acids is 1. The van der Waals surface area contributed by atoms with E-state index in [0.29, 0.717) is 0 Å². The number of H-pyrrole nitrogens is 1. The molecule has 0 spiro atoms. The second kappa shape index (κ2) is 4.73. The van der Waals surface area contributed by atoms with Crippen molar-refractivity contribution in [2.75, 3.05) is 7.11 Å². The average molecular weight is 233 g/mol. The Balaban J connectivity index is 3.29. The molecule has 5 nitrogen and oxygen atoms in total. The van der Waals surface area contributed by atoms with Crippen LogP contribution < -0.4 is 10.2 Å². The number of halogens is 2. The van der Waals surface area contributed by atoms with Gasteiger partial charge >= 0.3 is 5.97 Å². The van der Waals surface area contributed by atoms with Crippen LogP contribution in [0, 0.1) is 0 Å². The predicted molar refractivity (Wildman–Crippen MR) is 49.9 cm³/mol. The third-order valence-electron chi connectivity index (χ3n) is 1.91. The van der Waals surface area contributed by atoms with Crippen molar-refractivity contribution in [2.24, 2.45) is 0 Å². The first-order valence-corrected chi connectivity index (χ1v) is 4.25. The summed E-state index contributed by atoms with van der Waals surface area (Å²) in [6, 6.07) is 0. The van der Waals surface area contributed by atoms with Gasteiger partial charge in [-0.05, 0) is 0 Å². The molecule has 0 aromatic carbocycles. The maximum Gasteiger partial charge on any atom is 0.308 e. The molecule has 0 unspecified atom stereocenters. The standard InChI is InChI=1S/C9H9F2NO4/c1-16-8-6(9(10)11)12-3-4(7(8)15)2-5(13)14/h3,9H,2H2,1H3,(H,12,15)(H,13,14). The zero-order valence-electron chi connectivity index (χ0n) is 8.29. The van der Waals surface area contributed by atoms with E-state index in [0.717, 1.165) is 13.3 Å². The first-order chi connectivity index (χ1) is 7.47. The largest absolute Gasteiger partial charge is 0.491 e. The van der Waals surface area contributed by atoms with Crippen LogP contribution in [0.3, 0.4) is 0 Å². The van der Waals surface area contributed by atoms with Crippen LogP contribution >= 0.6 is 0 Å². The summed E-state index contributed by atoms with van der Waals surface area (Å²) in [4.78, 5) is 24.1. The van der Waals surface area contributed by atoms with Crippen LogP contribution in [-0.4, -0.2) is 23.2 Å². The van der Waals surface area contributed by atoms with Crippen molar-refractivity contribution >= 4 is 5.97 Å². The van der Waals surface area contributed by atoms with Crippen LogP contribution in [0.15, 0.2) is 11.0 Å². The van der Waals surface area contributed by atoms with Gasteiger partial charge in [0.25, 0.3) is 6.43 Å². The van der Waals surface area contributed by atoms with Gasteiger partial charge in [-0.25, -0.2) is 8.78 Å². The molecule has 0 amide bonds. The minimum absolute atomic E-state index is 0.131. The molecule has 1 aromatic rings. The molecule has 0 bridgehead atoms. The second-order valence-corrected chi connectivity index (χ2v) is 2.96. The average Bonchev–Trinajstić information content (AvgIpc) is 2.19. The first-order valence-electron chi connectivity index (χ1n) is 4.25. The third-order valence-corrected chi connectivity index (χ3v) is 1.91. The van der Waals surface area contributed by atoms with E-state index in [1.807, 2.05) is 0 Å². The number of rotatable bonds is 4. The Hall–Kier alpha value is -1.92. The van der Waals surface area contributed by atoms with Crippen LogP contribution in [0.2, 0.25) is 0 Å². The van der Waals surface area contributed by atoms with E-state index in [-0.39, 0.29) is 5.56 Å². The fourth-order valence-corrected chi connectivity index (χ4v) is 1.22. The summed E-state index contributed by atoms with van der Waals surface area (Å²) in [6.07, 6.45) is -2.48. The van der Waals surface area contributed by atoms with Gasteiger partial charge in [0.2, 0.25) is 5.43 Å². The lowest BCUT2D eigenvalue weighted by Gasteiger charge is -2.08. The summed E-state index contributed by atoms with van der Waals surface area (Å²) in [7, 11) is 1.07. The van der Waals surface area contributed by atoms with E-state index in [2.05, 4.69) is 9.72 Å². The summed E-state index contributed by atoms with van der Waals surface area (Å²) >= 11 is 0. The highest BCUT2D eigenvalue weighted by Gasteiger charge is 2.20. The van der Waals surface area contributed by atoms with Crippen molar-refractivity contribution in [3.63, 3.8) is 0 Å². The minimum Gasteiger partial charge on any atom is -0.491 e. The molecule has 88 valence electrons. The Morgan fingerprint density at radius 3 is 2.69 bits per heavy atom. The zero-order valence-corrected chi connectivity index (χ0v) is 8.29. The van der Waals surface area contributed by atoms with Crippen LogP contribution in [0.4, 0.5) is 8.78 Å². The Morgan fingerprint density at radius 2 is 2.25 bits per heavy atom. The lowest BCUT2D eigenvalue weighted by molar-refractivity contribution is -0.136. The summed E-state index contributed by atoms with van der Waals surface area (Å²) in [6.45, 7) is 0. The summed E-state index contributed by atoms with van der Waals surface area (Å²) < 4.78 is 29.4. The SMILES string of the molecule is COc1c(C(F)F)[nH]cc(CC(=O)O)c1=O. The van der Waals surface area contributed by atoms with Gasteiger partial charge in [-0.15, -0.1) is 0 Å². The molecular weight excluding hydrogens is 224 g/mol. The molecule has 16 heavy (non-hydrogen) atoms. The van der Waals surface area contributed by atoms with Crippen molar-refractivity contribution in [3.05, 3.63) is 27.7 Å². The molecule has 0 aliphatic carbocycles. The normalized spacial score (nSPS) is 10.5. The second-order valence-electron chi connectivity index (χ2n) is 2.96. The van der Waals surface area contributed by atoms with Gasteiger partial charge in [0.1, 0.15) is 5.69 Å². The Bertz CT molecular complexity index is 455. The Labute approximate surface area is 88.7 Å². The summed E-state index contributed by atoms with van der Waals surface area (Å²) in [5.74, 6) is -1.77. The van der Waals surface area contributed by atoms with Crippen molar-refractivity contribution in [2.45, 2.75) is 12.8 Å². The maximum atomic E-state index is 12.4. The highest BCUT2D eigenvalue weighted by molar-refractivity contribution is 5.70.